The summed E-state index contributed by atoms with van der Waals surface area (Å²) in [5.74, 6) is 0.157. The Morgan fingerprint density at radius 3 is 2.89 bits per heavy atom. The molecule has 1 aromatic carbocycles. The third-order valence-corrected chi connectivity index (χ3v) is 4.46. The van der Waals surface area contributed by atoms with Crippen molar-refractivity contribution in [2.24, 2.45) is 0 Å². The number of nitrogens with one attached hydrogen (secondary N) is 1. The zero-order chi connectivity index (χ0) is 19.4. The molecule has 0 saturated heterocycles. The second-order valence-corrected chi connectivity index (χ2v) is 6.28. The molecule has 7 nitrogen and oxygen atoms in total. The number of pyridine rings is 1. The van der Waals surface area contributed by atoms with Gasteiger partial charge < -0.3 is 19.5 Å². The second-order valence-electron chi connectivity index (χ2n) is 5.50. The predicted molar refractivity (Wildman–Crippen MR) is 100 cm³/mol. The Kier molecular flexibility index (Phi) is 5.83. The van der Waals surface area contributed by atoms with Crippen LogP contribution in [-0.4, -0.2) is 30.3 Å². The number of esters is 1. The minimum atomic E-state index is -0.672. The molecule has 0 bridgehead atoms. The van der Waals surface area contributed by atoms with E-state index in [-0.39, 0.29) is 17.6 Å². The van der Waals surface area contributed by atoms with Crippen LogP contribution in [0.5, 0.6) is 11.5 Å². The Labute approximate surface area is 164 Å². The van der Waals surface area contributed by atoms with Crippen molar-refractivity contribution in [1.82, 2.24) is 4.98 Å². The molecule has 0 aliphatic carbocycles. The first-order valence-corrected chi connectivity index (χ1v) is 8.54. The summed E-state index contributed by atoms with van der Waals surface area (Å²) in [5.41, 5.74) is 1.32. The molecule has 0 spiro atoms. The minimum Gasteiger partial charge on any atom is -0.454 e. The van der Waals surface area contributed by atoms with E-state index in [2.05, 4.69) is 10.3 Å². The number of amides is 1. The second kappa shape index (κ2) is 8.28. The number of anilines is 1. The van der Waals surface area contributed by atoms with E-state index in [1.165, 1.54) is 12.3 Å². The van der Waals surface area contributed by atoms with Crippen LogP contribution in [0.1, 0.15) is 11.1 Å². The average molecular weight is 409 g/mol. The van der Waals surface area contributed by atoms with Crippen LogP contribution in [-0.2, 0) is 14.3 Å². The number of nitrogens with zero attached hydrogens (tertiary/aromatic N) is 1. The molecule has 0 unspecified atom stereocenters. The summed E-state index contributed by atoms with van der Waals surface area (Å²) in [7, 11) is 0. The fraction of sp³-hybridized carbons (Fsp3) is 0.167. The molecule has 1 aliphatic rings. The number of carbonyl (C=O) groups excluding carboxylic acids is 2. The van der Waals surface area contributed by atoms with Crippen LogP contribution in [0.2, 0.25) is 10.0 Å². The molecule has 1 aromatic heterocycles. The number of carbonyl (C=O) groups is 2. The van der Waals surface area contributed by atoms with Crippen molar-refractivity contribution in [3.8, 4) is 11.5 Å². The molecule has 140 valence electrons. The van der Waals surface area contributed by atoms with E-state index in [0.717, 1.165) is 5.56 Å². The lowest BCUT2D eigenvalue weighted by atomic mass is 10.2. The summed E-state index contributed by atoms with van der Waals surface area (Å²) in [6, 6.07) is 5.24. The molecule has 9 heteroatoms. The van der Waals surface area contributed by atoms with Crippen molar-refractivity contribution in [2.75, 3.05) is 18.7 Å². The first-order chi connectivity index (χ1) is 12.9. The molecule has 0 saturated carbocycles. The highest BCUT2D eigenvalue weighted by atomic mass is 35.5. The molecule has 2 heterocycles. The van der Waals surface area contributed by atoms with Crippen molar-refractivity contribution >= 4 is 47.0 Å². The Hall–Kier alpha value is -2.77. The van der Waals surface area contributed by atoms with Crippen molar-refractivity contribution in [3.63, 3.8) is 0 Å². The summed E-state index contributed by atoms with van der Waals surface area (Å²) in [5, 5.41) is 3.08. The molecular weight excluding hydrogens is 395 g/mol. The largest absolute Gasteiger partial charge is 0.454 e. The Bertz CT molecular complexity index is 930. The molecule has 2 aromatic rings. The molecular formula is C18H14Cl2N2O5. The summed E-state index contributed by atoms with van der Waals surface area (Å²) in [4.78, 5) is 27.6. The Balaban J connectivity index is 1.51. The maximum atomic E-state index is 11.9. The van der Waals surface area contributed by atoms with E-state index in [1.54, 1.807) is 31.2 Å². The van der Waals surface area contributed by atoms with Crippen LogP contribution in [0.4, 0.5) is 5.82 Å². The van der Waals surface area contributed by atoms with Gasteiger partial charge in [-0.05, 0) is 36.3 Å². The number of hydrogen-bond acceptors (Lipinski definition) is 6. The van der Waals surface area contributed by atoms with Gasteiger partial charge in [0.05, 0.1) is 10.0 Å². The normalized spacial score (nSPS) is 12.3. The maximum Gasteiger partial charge on any atom is 0.331 e. The molecule has 1 aliphatic heterocycles. The van der Waals surface area contributed by atoms with Crippen LogP contribution < -0.4 is 14.8 Å². The molecule has 1 amide bonds. The molecule has 1 N–H and O–H groups in total. The number of rotatable bonds is 5. The molecule has 0 fully saturated rings. The van der Waals surface area contributed by atoms with Crippen LogP contribution in [0.25, 0.3) is 6.08 Å². The monoisotopic (exact) mass is 408 g/mol. The zero-order valence-corrected chi connectivity index (χ0v) is 15.6. The van der Waals surface area contributed by atoms with Gasteiger partial charge in [-0.25, -0.2) is 9.78 Å². The van der Waals surface area contributed by atoms with E-state index in [0.29, 0.717) is 22.1 Å². The lowest BCUT2D eigenvalue weighted by molar-refractivity contribution is -0.142. The van der Waals surface area contributed by atoms with E-state index < -0.39 is 18.5 Å². The van der Waals surface area contributed by atoms with E-state index >= 15 is 0 Å². The number of benzene rings is 1. The van der Waals surface area contributed by atoms with E-state index in [9.17, 15) is 9.59 Å². The van der Waals surface area contributed by atoms with Crippen LogP contribution in [0, 0.1) is 6.92 Å². The first-order valence-electron chi connectivity index (χ1n) is 7.79. The fourth-order valence-electron chi connectivity index (χ4n) is 2.18. The number of ether oxygens (including phenoxy) is 3. The van der Waals surface area contributed by atoms with Gasteiger partial charge in [-0.2, -0.15) is 0 Å². The number of aromatic nitrogens is 1. The number of hydrogen-bond donors (Lipinski definition) is 1. The van der Waals surface area contributed by atoms with Crippen LogP contribution >= 0.6 is 23.2 Å². The van der Waals surface area contributed by atoms with Crippen molar-refractivity contribution in [3.05, 3.63) is 51.6 Å². The minimum absolute atomic E-state index is 0.149. The molecule has 0 atom stereocenters. The van der Waals surface area contributed by atoms with E-state index in [4.69, 9.17) is 37.4 Å². The van der Waals surface area contributed by atoms with E-state index in [1.807, 2.05) is 0 Å². The fourth-order valence-corrected chi connectivity index (χ4v) is 2.57. The standard InChI is InChI=1S/C18H14Cl2N2O5/c1-10-12(19)7-21-18(17(10)20)22-15(23)8-25-16(24)5-3-11-2-4-13-14(6-11)27-9-26-13/h2-7H,8-9H2,1H3,(H,21,22,23)/b5-3+. The highest BCUT2D eigenvalue weighted by Gasteiger charge is 2.14. The van der Waals surface area contributed by atoms with Gasteiger partial charge in [-0.15, -0.1) is 0 Å². The van der Waals surface area contributed by atoms with Gasteiger partial charge in [0.1, 0.15) is 0 Å². The van der Waals surface area contributed by atoms with Gasteiger partial charge in [-0.1, -0.05) is 29.3 Å². The third kappa shape index (κ3) is 4.69. The smallest absolute Gasteiger partial charge is 0.331 e. The highest BCUT2D eigenvalue weighted by molar-refractivity contribution is 6.37. The van der Waals surface area contributed by atoms with Crippen molar-refractivity contribution in [2.45, 2.75) is 6.92 Å². The van der Waals surface area contributed by atoms with Crippen molar-refractivity contribution in [1.29, 1.82) is 0 Å². The van der Waals surface area contributed by atoms with Gasteiger partial charge >= 0.3 is 5.97 Å². The quantitative estimate of drug-likeness (QED) is 0.600. The number of halogens is 2. The van der Waals surface area contributed by atoms with Gasteiger partial charge in [0.15, 0.2) is 23.9 Å². The highest BCUT2D eigenvalue weighted by Crippen LogP contribution is 2.32. The lowest BCUT2D eigenvalue weighted by Gasteiger charge is -2.09. The first kappa shape index (κ1) is 19.0. The molecule has 3 rings (SSSR count). The van der Waals surface area contributed by atoms with Gasteiger partial charge in [-0.3, -0.25) is 4.79 Å². The molecule has 0 radical (unpaired) electrons. The summed E-state index contributed by atoms with van der Waals surface area (Å²) >= 11 is 12.0. The van der Waals surface area contributed by atoms with Gasteiger partial charge in [0, 0.05) is 12.3 Å². The Morgan fingerprint density at radius 1 is 1.30 bits per heavy atom. The topological polar surface area (TPSA) is 86.8 Å². The Morgan fingerprint density at radius 2 is 2.07 bits per heavy atom. The third-order valence-electron chi connectivity index (χ3n) is 3.61. The average Bonchev–Trinajstić information content (AvgIpc) is 3.13. The van der Waals surface area contributed by atoms with Gasteiger partial charge in [0.25, 0.3) is 5.91 Å². The summed E-state index contributed by atoms with van der Waals surface area (Å²) in [6.45, 7) is 1.39. The van der Waals surface area contributed by atoms with Crippen LogP contribution in [0.3, 0.4) is 0 Å². The van der Waals surface area contributed by atoms with Gasteiger partial charge in [0.2, 0.25) is 6.79 Å². The zero-order valence-electron chi connectivity index (χ0n) is 14.1. The van der Waals surface area contributed by atoms with Crippen LogP contribution in [0.15, 0.2) is 30.5 Å². The summed E-state index contributed by atoms with van der Waals surface area (Å²) < 4.78 is 15.4. The summed E-state index contributed by atoms with van der Waals surface area (Å²) in [6.07, 6.45) is 4.13. The van der Waals surface area contributed by atoms with Crippen molar-refractivity contribution < 1.29 is 23.8 Å². The maximum absolute atomic E-state index is 11.9. The lowest BCUT2D eigenvalue weighted by Crippen LogP contribution is -2.21. The number of fused-ring (bicyclic) bond motifs is 1. The SMILES string of the molecule is Cc1c(Cl)cnc(NC(=O)COC(=O)/C=C/c2ccc3c(c2)OCO3)c1Cl. The predicted octanol–water partition coefficient (Wildman–Crippen LogP) is 3.62. The molecule has 27 heavy (non-hydrogen) atoms.